The molecular formula is C21H26N4O2S. The van der Waals surface area contributed by atoms with Crippen molar-refractivity contribution in [3.8, 4) is 0 Å². The highest BCUT2D eigenvalue weighted by Crippen LogP contribution is 2.46. The number of hydrogen-bond acceptors (Lipinski definition) is 5. The molecule has 1 N–H and O–H groups in total. The highest BCUT2D eigenvalue weighted by molar-refractivity contribution is 8.00. The molecule has 148 valence electrons. The Bertz CT molecular complexity index is 869. The molecule has 28 heavy (non-hydrogen) atoms. The van der Waals surface area contributed by atoms with E-state index in [9.17, 15) is 9.59 Å². The quantitative estimate of drug-likeness (QED) is 0.516. The molecule has 1 aromatic heterocycles. The number of carbonyl (C=O) groups is 2. The summed E-state index contributed by atoms with van der Waals surface area (Å²) < 4.78 is 2.29. The molecule has 4 rings (SSSR count). The Morgan fingerprint density at radius 3 is 2.50 bits per heavy atom. The first-order valence-electron chi connectivity index (χ1n) is 10.0. The van der Waals surface area contributed by atoms with Gasteiger partial charge in [0.25, 0.3) is 0 Å². The highest BCUT2D eigenvalue weighted by atomic mass is 32.2. The molecule has 1 aromatic carbocycles. The minimum atomic E-state index is -0.209. The van der Waals surface area contributed by atoms with E-state index < -0.39 is 0 Å². The fraction of sp³-hybridized carbons (Fsp3) is 0.524. The maximum Gasteiger partial charge on any atom is 0.216 e. The molecule has 1 amide bonds. The zero-order chi connectivity index (χ0) is 19.7. The SMILES string of the molecule is CC(=O)NCCc1ccc(C(=O)[C@@H](C)Sc2nnc(C3CC3)n2C2CC2)cc1. The number of nitrogens with one attached hydrogen (secondary N) is 1. The summed E-state index contributed by atoms with van der Waals surface area (Å²) >= 11 is 1.52. The van der Waals surface area contributed by atoms with Crippen molar-refractivity contribution in [1.29, 1.82) is 0 Å². The van der Waals surface area contributed by atoms with Gasteiger partial charge in [0.1, 0.15) is 5.82 Å². The zero-order valence-corrected chi connectivity index (χ0v) is 17.2. The standard InChI is InChI=1S/C21H26N4O2S/c1-13(19(27)16-5-3-15(4-6-16)11-12-22-14(2)26)28-21-24-23-20(17-7-8-17)25(21)18-9-10-18/h3-6,13,17-18H,7-12H2,1-2H3,(H,22,26)/t13-/m1/s1. The minimum absolute atomic E-state index is 0.0264. The van der Waals surface area contributed by atoms with Crippen LogP contribution in [0.5, 0.6) is 0 Å². The summed E-state index contributed by atoms with van der Waals surface area (Å²) in [4.78, 5) is 23.8. The third-order valence-electron chi connectivity index (χ3n) is 5.22. The molecule has 2 aromatic rings. The Balaban J connectivity index is 1.39. The fourth-order valence-electron chi connectivity index (χ4n) is 3.33. The highest BCUT2D eigenvalue weighted by Gasteiger charge is 2.37. The van der Waals surface area contributed by atoms with E-state index in [1.807, 2.05) is 31.2 Å². The monoisotopic (exact) mass is 398 g/mol. The van der Waals surface area contributed by atoms with Crippen LogP contribution in [0.3, 0.4) is 0 Å². The van der Waals surface area contributed by atoms with Crippen LogP contribution in [0.1, 0.15) is 73.2 Å². The van der Waals surface area contributed by atoms with Gasteiger partial charge >= 0.3 is 0 Å². The van der Waals surface area contributed by atoms with Gasteiger partial charge in [-0.2, -0.15) is 0 Å². The number of benzene rings is 1. The van der Waals surface area contributed by atoms with E-state index in [1.165, 1.54) is 44.4 Å². The average molecular weight is 399 g/mol. The predicted molar refractivity (Wildman–Crippen MR) is 109 cm³/mol. The van der Waals surface area contributed by atoms with Crippen molar-refractivity contribution < 1.29 is 9.59 Å². The molecular weight excluding hydrogens is 372 g/mol. The second-order valence-corrected chi connectivity index (χ2v) is 9.08. The molecule has 2 aliphatic carbocycles. The number of nitrogens with zero attached hydrogens (tertiary/aromatic N) is 3. The molecule has 6 nitrogen and oxygen atoms in total. The van der Waals surface area contributed by atoms with Crippen LogP contribution in [0.4, 0.5) is 0 Å². The van der Waals surface area contributed by atoms with Crippen LogP contribution < -0.4 is 5.32 Å². The Kier molecular flexibility index (Phi) is 5.53. The summed E-state index contributed by atoms with van der Waals surface area (Å²) in [5.41, 5.74) is 1.82. The fourth-order valence-corrected chi connectivity index (χ4v) is 4.33. The third-order valence-corrected chi connectivity index (χ3v) is 6.28. The Labute approximate surface area is 169 Å². The van der Waals surface area contributed by atoms with Crippen molar-refractivity contribution in [2.24, 2.45) is 0 Å². The van der Waals surface area contributed by atoms with Gasteiger partial charge in [-0.3, -0.25) is 9.59 Å². The van der Waals surface area contributed by atoms with Gasteiger partial charge in [0.05, 0.1) is 5.25 Å². The summed E-state index contributed by atoms with van der Waals surface area (Å²) in [6, 6.07) is 8.21. The number of rotatable bonds is 9. The summed E-state index contributed by atoms with van der Waals surface area (Å²) in [7, 11) is 0. The Morgan fingerprint density at radius 1 is 1.18 bits per heavy atom. The lowest BCUT2D eigenvalue weighted by Crippen LogP contribution is -2.22. The van der Waals surface area contributed by atoms with Crippen LogP contribution >= 0.6 is 11.8 Å². The first-order valence-corrected chi connectivity index (χ1v) is 10.9. The molecule has 2 aliphatic rings. The van der Waals surface area contributed by atoms with Gasteiger partial charge in [0, 0.05) is 31.0 Å². The first-order chi connectivity index (χ1) is 13.5. The van der Waals surface area contributed by atoms with Gasteiger partial charge in [-0.15, -0.1) is 10.2 Å². The lowest BCUT2D eigenvalue weighted by molar-refractivity contribution is -0.118. The summed E-state index contributed by atoms with van der Waals surface area (Å²) in [5.74, 6) is 1.77. The summed E-state index contributed by atoms with van der Waals surface area (Å²) in [6.07, 6.45) is 5.55. The molecule has 2 saturated carbocycles. The zero-order valence-electron chi connectivity index (χ0n) is 16.4. The second kappa shape index (κ2) is 8.07. The number of aromatic nitrogens is 3. The maximum atomic E-state index is 12.9. The van der Waals surface area contributed by atoms with Gasteiger partial charge in [0.15, 0.2) is 10.9 Å². The lowest BCUT2D eigenvalue weighted by Gasteiger charge is -2.12. The van der Waals surface area contributed by atoms with Crippen LogP contribution in [0.15, 0.2) is 29.4 Å². The number of ketones is 1. The van der Waals surface area contributed by atoms with Gasteiger partial charge < -0.3 is 9.88 Å². The number of Topliss-reactive ketones (excluding diaryl/α,β-unsaturated/α-hetero) is 1. The van der Waals surface area contributed by atoms with Crippen molar-refractivity contribution in [3.05, 3.63) is 41.2 Å². The van der Waals surface area contributed by atoms with Crippen LogP contribution in [0, 0.1) is 0 Å². The van der Waals surface area contributed by atoms with E-state index in [0.29, 0.717) is 24.1 Å². The van der Waals surface area contributed by atoms with Gasteiger partial charge in [-0.05, 0) is 44.6 Å². The van der Waals surface area contributed by atoms with E-state index in [1.54, 1.807) is 0 Å². The molecule has 0 unspecified atom stereocenters. The summed E-state index contributed by atoms with van der Waals surface area (Å²) in [5, 5.41) is 12.3. The van der Waals surface area contributed by atoms with Crippen LogP contribution in [-0.4, -0.2) is 38.2 Å². The molecule has 0 bridgehead atoms. The summed E-state index contributed by atoms with van der Waals surface area (Å²) in [6.45, 7) is 4.06. The van der Waals surface area contributed by atoms with Gasteiger partial charge in [0.2, 0.25) is 5.91 Å². The molecule has 0 aliphatic heterocycles. The molecule has 0 radical (unpaired) electrons. The van der Waals surface area contributed by atoms with E-state index in [0.717, 1.165) is 23.0 Å². The van der Waals surface area contributed by atoms with E-state index in [-0.39, 0.29) is 16.9 Å². The van der Waals surface area contributed by atoms with Crippen molar-refractivity contribution in [3.63, 3.8) is 0 Å². The maximum absolute atomic E-state index is 12.9. The number of amides is 1. The van der Waals surface area contributed by atoms with Gasteiger partial charge in [-0.25, -0.2) is 0 Å². The number of thioether (sulfide) groups is 1. The molecule has 0 spiro atoms. The van der Waals surface area contributed by atoms with Crippen molar-refractivity contribution >= 4 is 23.5 Å². The predicted octanol–water partition coefficient (Wildman–Crippen LogP) is 3.53. The first kappa shape index (κ1) is 19.2. The normalized spacial score (nSPS) is 17.4. The van der Waals surface area contributed by atoms with Crippen LogP contribution in [0.25, 0.3) is 0 Å². The van der Waals surface area contributed by atoms with Gasteiger partial charge in [-0.1, -0.05) is 36.0 Å². The molecule has 7 heteroatoms. The molecule has 1 atom stereocenters. The Morgan fingerprint density at radius 2 is 1.89 bits per heavy atom. The number of hydrogen-bond donors (Lipinski definition) is 1. The van der Waals surface area contributed by atoms with Crippen LogP contribution in [-0.2, 0) is 11.2 Å². The van der Waals surface area contributed by atoms with E-state index >= 15 is 0 Å². The average Bonchev–Trinajstić information content (AvgIpc) is 3.60. The van der Waals surface area contributed by atoms with E-state index in [2.05, 4.69) is 20.1 Å². The topological polar surface area (TPSA) is 76.9 Å². The van der Waals surface area contributed by atoms with E-state index in [4.69, 9.17) is 0 Å². The van der Waals surface area contributed by atoms with Crippen LogP contribution in [0.2, 0.25) is 0 Å². The number of carbonyl (C=O) groups excluding carboxylic acids is 2. The molecule has 2 fully saturated rings. The van der Waals surface area contributed by atoms with Crippen molar-refractivity contribution in [2.75, 3.05) is 6.54 Å². The molecule has 0 saturated heterocycles. The van der Waals surface area contributed by atoms with Crippen molar-refractivity contribution in [2.45, 2.75) is 68.3 Å². The minimum Gasteiger partial charge on any atom is -0.356 e. The Hall–Kier alpha value is -2.15. The third kappa shape index (κ3) is 4.46. The lowest BCUT2D eigenvalue weighted by atomic mass is 10.0. The largest absolute Gasteiger partial charge is 0.356 e. The smallest absolute Gasteiger partial charge is 0.216 e. The molecule has 1 heterocycles. The van der Waals surface area contributed by atoms with Crippen molar-refractivity contribution in [1.82, 2.24) is 20.1 Å². The second-order valence-electron chi connectivity index (χ2n) is 7.77.